The molecule has 0 unspecified atom stereocenters. The van der Waals surface area contributed by atoms with Crippen molar-refractivity contribution in [3.05, 3.63) is 53.3 Å². The lowest BCUT2D eigenvalue weighted by molar-refractivity contribution is 0.677. The molecule has 0 spiro atoms. The summed E-state index contributed by atoms with van der Waals surface area (Å²) in [6, 6.07) is 11.6. The summed E-state index contributed by atoms with van der Waals surface area (Å²) in [4.78, 5) is 0. The van der Waals surface area contributed by atoms with E-state index < -0.39 is 0 Å². The molecule has 0 amide bonds. The van der Waals surface area contributed by atoms with Crippen LogP contribution in [0.25, 0.3) is 0 Å². The van der Waals surface area contributed by atoms with E-state index in [9.17, 15) is 0 Å². The normalized spacial score (nSPS) is 9.94. The first kappa shape index (κ1) is 10.4. The van der Waals surface area contributed by atoms with Crippen LogP contribution in [0.3, 0.4) is 0 Å². The maximum absolute atomic E-state index is 8.65. The van der Waals surface area contributed by atoms with Gasteiger partial charge in [-0.15, -0.1) is 0 Å². The SMILES string of the molecule is N#Cc1ccc(CNCc2ccn[nH]2)cc1. The topological polar surface area (TPSA) is 64.5 Å². The lowest BCUT2D eigenvalue weighted by atomic mass is 10.1. The third-order valence-corrected chi connectivity index (χ3v) is 2.29. The summed E-state index contributed by atoms with van der Waals surface area (Å²) in [5.41, 5.74) is 2.92. The number of hydrogen-bond acceptors (Lipinski definition) is 3. The molecule has 1 aromatic carbocycles. The van der Waals surface area contributed by atoms with Gasteiger partial charge in [-0.1, -0.05) is 12.1 Å². The molecule has 1 heterocycles. The van der Waals surface area contributed by atoms with Crippen LogP contribution in [0.1, 0.15) is 16.8 Å². The van der Waals surface area contributed by atoms with Gasteiger partial charge < -0.3 is 5.32 Å². The van der Waals surface area contributed by atoms with Crippen molar-refractivity contribution in [3.8, 4) is 6.07 Å². The number of rotatable bonds is 4. The predicted molar refractivity (Wildman–Crippen MR) is 60.3 cm³/mol. The zero-order valence-corrected chi connectivity index (χ0v) is 8.77. The van der Waals surface area contributed by atoms with Crippen molar-refractivity contribution in [2.45, 2.75) is 13.1 Å². The van der Waals surface area contributed by atoms with Gasteiger partial charge in [0.1, 0.15) is 0 Å². The largest absolute Gasteiger partial charge is 0.307 e. The first-order valence-electron chi connectivity index (χ1n) is 5.06. The van der Waals surface area contributed by atoms with Crippen LogP contribution in [0.2, 0.25) is 0 Å². The van der Waals surface area contributed by atoms with E-state index in [0.29, 0.717) is 5.56 Å². The zero-order valence-electron chi connectivity index (χ0n) is 8.77. The molecule has 16 heavy (non-hydrogen) atoms. The fourth-order valence-corrected chi connectivity index (χ4v) is 1.42. The smallest absolute Gasteiger partial charge is 0.0991 e. The Morgan fingerprint density at radius 2 is 2.00 bits per heavy atom. The van der Waals surface area contributed by atoms with E-state index >= 15 is 0 Å². The van der Waals surface area contributed by atoms with Gasteiger partial charge in [-0.2, -0.15) is 10.4 Å². The van der Waals surface area contributed by atoms with Gasteiger partial charge in [0.25, 0.3) is 0 Å². The summed E-state index contributed by atoms with van der Waals surface area (Å²) in [5, 5.41) is 18.7. The maximum Gasteiger partial charge on any atom is 0.0991 e. The summed E-state index contributed by atoms with van der Waals surface area (Å²) in [6.07, 6.45) is 1.73. The van der Waals surface area contributed by atoms with Crippen molar-refractivity contribution in [1.82, 2.24) is 15.5 Å². The summed E-state index contributed by atoms with van der Waals surface area (Å²) in [5.74, 6) is 0. The van der Waals surface area contributed by atoms with Crippen LogP contribution in [0, 0.1) is 11.3 Å². The van der Waals surface area contributed by atoms with Gasteiger partial charge >= 0.3 is 0 Å². The third kappa shape index (κ3) is 2.69. The number of nitriles is 1. The second-order valence-corrected chi connectivity index (χ2v) is 3.49. The van der Waals surface area contributed by atoms with E-state index in [4.69, 9.17) is 5.26 Å². The molecule has 2 N–H and O–H groups in total. The Bertz CT molecular complexity index is 465. The zero-order chi connectivity index (χ0) is 11.2. The number of nitrogens with one attached hydrogen (secondary N) is 2. The van der Waals surface area contributed by atoms with Crippen LogP contribution in [0.5, 0.6) is 0 Å². The quantitative estimate of drug-likeness (QED) is 0.808. The minimum Gasteiger partial charge on any atom is -0.307 e. The Hall–Kier alpha value is -2.12. The molecule has 0 aliphatic heterocycles. The Labute approximate surface area is 93.9 Å². The summed E-state index contributed by atoms with van der Waals surface area (Å²) >= 11 is 0. The van der Waals surface area contributed by atoms with Gasteiger partial charge in [-0.05, 0) is 23.8 Å². The van der Waals surface area contributed by atoms with Crippen molar-refractivity contribution in [3.63, 3.8) is 0 Å². The molecule has 2 rings (SSSR count). The third-order valence-electron chi connectivity index (χ3n) is 2.29. The van der Waals surface area contributed by atoms with Crippen LogP contribution in [0.15, 0.2) is 36.5 Å². The highest BCUT2D eigenvalue weighted by molar-refractivity contribution is 5.31. The van der Waals surface area contributed by atoms with Crippen LogP contribution in [-0.2, 0) is 13.1 Å². The number of H-pyrrole nitrogens is 1. The number of nitrogens with zero attached hydrogens (tertiary/aromatic N) is 2. The van der Waals surface area contributed by atoms with Crippen molar-refractivity contribution < 1.29 is 0 Å². The summed E-state index contributed by atoms with van der Waals surface area (Å²) in [6.45, 7) is 1.55. The average Bonchev–Trinajstić information content (AvgIpc) is 2.83. The van der Waals surface area contributed by atoms with E-state index in [1.54, 1.807) is 6.20 Å². The summed E-state index contributed by atoms with van der Waals surface area (Å²) in [7, 11) is 0. The van der Waals surface area contributed by atoms with Crippen LogP contribution < -0.4 is 5.32 Å². The lowest BCUT2D eigenvalue weighted by Gasteiger charge is -2.03. The Morgan fingerprint density at radius 3 is 2.62 bits per heavy atom. The van der Waals surface area contributed by atoms with E-state index in [2.05, 4.69) is 21.6 Å². The van der Waals surface area contributed by atoms with Crippen molar-refractivity contribution in [1.29, 1.82) is 5.26 Å². The van der Waals surface area contributed by atoms with Crippen LogP contribution >= 0.6 is 0 Å². The Balaban J connectivity index is 1.83. The van der Waals surface area contributed by atoms with E-state index in [0.717, 1.165) is 18.8 Å². The molecule has 0 aliphatic carbocycles. The second kappa shape index (κ2) is 5.10. The van der Waals surface area contributed by atoms with Gasteiger partial charge in [0, 0.05) is 25.0 Å². The fraction of sp³-hybridized carbons (Fsp3) is 0.167. The molecular weight excluding hydrogens is 200 g/mol. The molecular formula is C12H12N4. The first-order valence-corrected chi connectivity index (χ1v) is 5.06. The highest BCUT2D eigenvalue weighted by atomic mass is 15.1. The fourth-order valence-electron chi connectivity index (χ4n) is 1.42. The van der Waals surface area contributed by atoms with E-state index in [1.807, 2.05) is 30.3 Å². The van der Waals surface area contributed by atoms with E-state index in [-0.39, 0.29) is 0 Å². The minimum atomic E-state index is 0.692. The molecule has 0 atom stereocenters. The maximum atomic E-state index is 8.65. The first-order chi connectivity index (χ1) is 7.88. The monoisotopic (exact) mass is 212 g/mol. The Kier molecular flexibility index (Phi) is 3.31. The van der Waals surface area contributed by atoms with Crippen LogP contribution in [0.4, 0.5) is 0 Å². The Morgan fingerprint density at radius 1 is 1.19 bits per heavy atom. The van der Waals surface area contributed by atoms with Gasteiger partial charge in [0.2, 0.25) is 0 Å². The van der Waals surface area contributed by atoms with Gasteiger partial charge in [-0.25, -0.2) is 0 Å². The van der Waals surface area contributed by atoms with Gasteiger partial charge in [0.15, 0.2) is 0 Å². The molecule has 1 aromatic heterocycles. The highest BCUT2D eigenvalue weighted by Crippen LogP contribution is 2.03. The molecule has 4 nitrogen and oxygen atoms in total. The number of benzene rings is 1. The highest BCUT2D eigenvalue weighted by Gasteiger charge is 1.95. The van der Waals surface area contributed by atoms with Gasteiger partial charge in [-0.3, -0.25) is 5.10 Å². The second-order valence-electron chi connectivity index (χ2n) is 3.49. The average molecular weight is 212 g/mol. The number of hydrogen-bond donors (Lipinski definition) is 2. The molecule has 0 aliphatic rings. The van der Waals surface area contributed by atoms with Crippen LogP contribution in [-0.4, -0.2) is 10.2 Å². The van der Waals surface area contributed by atoms with Crippen molar-refractivity contribution in [2.75, 3.05) is 0 Å². The number of aromatic nitrogens is 2. The lowest BCUT2D eigenvalue weighted by Crippen LogP contribution is -2.12. The predicted octanol–water partition coefficient (Wildman–Crippen LogP) is 1.57. The number of aromatic amines is 1. The van der Waals surface area contributed by atoms with E-state index in [1.165, 1.54) is 5.56 Å². The standard InChI is InChI=1S/C12H12N4/c13-7-10-1-3-11(4-2-10)8-14-9-12-5-6-15-16-12/h1-6,14H,8-9H2,(H,15,16). The molecule has 0 saturated heterocycles. The minimum absolute atomic E-state index is 0.692. The molecule has 0 bridgehead atoms. The molecule has 0 fully saturated rings. The molecule has 2 aromatic rings. The van der Waals surface area contributed by atoms with Gasteiger partial charge in [0.05, 0.1) is 11.6 Å². The van der Waals surface area contributed by atoms with Crippen molar-refractivity contribution >= 4 is 0 Å². The molecule has 0 saturated carbocycles. The van der Waals surface area contributed by atoms with Crippen molar-refractivity contribution in [2.24, 2.45) is 0 Å². The molecule has 0 radical (unpaired) electrons. The molecule has 80 valence electrons. The molecule has 4 heteroatoms. The summed E-state index contributed by atoms with van der Waals surface area (Å²) < 4.78 is 0.